The van der Waals surface area contributed by atoms with Crippen molar-refractivity contribution in [2.75, 3.05) is 32.7 Å². The fraction of sp³-hybridized carbons (Fsp3) is 0.550. The Morgan fingerprint density at radius 2 is 1.89 bits per heavy atom. The first-order valence-electron chi connectivity index (χ1n) is 9.79. The third-order valence-electron chi connectivity index (χ3n) is 4.79. The number of hydrogen-bond acceptors (Lipinski definition) is 6. The predicted molar refractivity (Wildman–Crippen MR) is 103 cm³/mol. The summed E-state index contributed by atoms with van der Waals surface area (Å²) in [5.74, 6) is 1.57. The Bertz CT molecular complexity index is 695. The van der Waals surface area contributed by atoms with Crippen LogP contribution in [-0.4, -0.2) is 58.6 Å². The van der Waals surface area contributed by atoms with Gasteiger partial charge >= 0.3 is 0 Å². The molecule has 0 bridgehead atoms. The number of rotatable bonds is 9. The van der Waals surface area contributed by atoms with Crippen LogP contribution in [0, 0.1) is 0 Å². The van der Waals surface area contributed by atoms with E-state index < -0.39 is 0 Å². The summed E-state index contributed by atoms with van der Waals surface area (Å²) in [5.41, 5.74) is 1.12. The molecule has 7 nitrogen and oxygen atoms in total. The lowest BCUT2D eigenvalue weighted by Gasteiger charge is -2.33. The number of carbonyl (C=O) groups is 1. The smallest absolute Gasteiger partial charge is 0.240 e. The largest absolute Gasteiger partial charge is 0.351 e. The zero-order chi connectivity index (χ0) is 18.9. The zero-order valence-electron chi connectivity index (χ0n) is 16.1. The van der Waals surface area contributed by atoms with Crippen molar-refractivity contribution >= 4 is 5.91 Å². The molecule has 146 valence electrons. The Morgan fingerprint density at radius 1 is 1.15 bits per heavy atom. The van der Waals surface area contributed by atoms with Gasteiger partial charge in [0, 0.05) is 39.1 Å². The van der Waals surface area contributed by atoms with Gasteiger partial charge in [-0.05, 0) is 12.0 Å². The van der Waals surface area contributed by atoms with Gasteiger partial charge in [-0.15, -0.1) is 0 Å². The van der Waals surface area contributed by atoms with Crippen LogP contribution in [-0.2, 0) is 24.3 Å². The van der Waals surface area contributed by atoms with Gasteiger partial charge in [-0.25, -0.2) is 0 Å². The molecule has 1 aromatic carbocycles. The van der Waals surface area contributed by atoms with E-state index in [4.69, 9.17) is 4.52 Å². The molecule has 1 N–H and O–H groups in total. The number of aryl methyl sites for hydroxylation is 1. The van der Waals surface area contributed by atoms with Gasteiger partial charge in [-0.2, -0.15) is 4.98 Å². The van der Waals surface area contributed by atoms with E-state index in [1.165, 1.54) is 0 Å². The molecule has 1 aliphatic rings. The summed E-state index contributed by atoms with van der Waals surface area (Å²) in [4.78, 5) is 21.1. The van der Waals surface area contributed by atoms with Crippen LogP contribution in [0.25, 0.3) is 0 Å². The van der Waals surface area contributed by atoms with Gasteiger partial charge in [0.05, 0.1) is 13.1 Å². The molecule has 0 spiro atoms. The minimum Gasteiger partial charge on any atom is -0.351 e. The van der Waals surface area contributed by atoms with Gasteiger partial charge in [-0.1, -0.05) is 48.8 Å². The lowest BCUT2D eigenvalue weighted by Crippen LogP contribution is -2.49. The second kappa shape index (κ2) is 10.2. The maximum absolute atomic E-state index is 12.1. The number of amides is 1. The van der Waals surface area contributed by atoms with Crippen molar-refractivity contribution in [3.05, 3.63) is 47.6 Å². The van der Waals surface area contributed by atoms with Crippen LogP contribution in [0.1, 0.15) is 37.0 Å². The predicted octanol–water partition coefficient (Wildman–Crippen LogP) is 1.85. The number of benzene rings is 1. The average Bonchev–Trinajstić information content (AvgIpc) is 3.14. The minimum absolute atomic E-state index is 0.0739. The highest BCUT2D eigenvalue weighted by atomic mass is 16.5. The SMILES string of the molecule is CCCCc1noc(CN2CCN(CC(=O)NCc3ccccc3)CC2)n1. The van der Waals surface area contributed by atoms with E-state index in [0.717, 1.165) is 56.8 Å². The van der Waals surface area contributed by atoms with Crippen molar-refractivity contribution in [1.82, 2.24) is 25.3 Å². The van der Waals surface area contributed by atoms with Crippen molar-refractivity contribution in [1.29, 1.82) is 0 Å². The molecule has 7 heteroatoms. The molecule has 2 aromatic rings. The molecular weight excluding hydrogens is 342 g/mol. The first-order chi connectivity index (χ1) is 13.2. The van der Waals surface area contributed by atoms with Crippen LogP contribution in [0.5, 0.6) is 0 Å². The molecule has 0 radical (unpaired) electrons. The van der Waals surface area contributed by atoms with E-state index in [2.05, 4.69) is 32.2 Å². The maximum atomic E-state index is 12.1. The summed E-state index contributed by atoms with van der Waals surface area (Å²) in [6.07, 6.45) is 3.10. The van der Waals surface area contributed by atoms with Crippen molar-refractivity contribution in [2.45, 2.75) is 39.3 Å². The fourth-order valence-corrected chi connectivity index (χ4v) is 3.14. The fourth-order valence-electron chi connectivity index (χ4n) is 3.14. The monoisotopic (exact) mass is 371 g/mol. The maximum Gasteiger partial charge on any atom is 0.240 e. The zero-order valence-corrected chi connectivity index (χ0v) is 16.1. The van der Waals surface area contributed by atoms with Crippen molar-refractivity contribution in [3.63, 3.8) is 0 Å². The van der Waals surface area contributed by atoms with E-state index in [9.17, 15) is 4.79 Å². The highest BCUT2D eigenvalue weighted by Gasteiger charge is 2.20. The summed E-state index contributed by atoms with van der Waals surface area (Å²) in [5, 5.41) is 7.03. The van der Waals surface area contributed by atoms with E-state index >= 15 is 0 Å². The van der Waals surface area contributed by atoms with Gasteiger partial charge in [0.25, 0.3) is 0 Å². The first kappa shape index (κ1) is 19.5. The summed E-state index contributed by atoms with van der Waals surface area (Å²) >= 11 is 0. The Kier molecular flexibility index (Phi) is 7.36. The van der Waals surface area contributed by atoms with Crippen LogP contribution >= 0.6 is 0 Å². The lowest BCUT2D eigenvalue weighted by molar-refractivity contribution is -0.122. The summed E-state index contributed by atoms with van der Waals surface area (Å²) in [6.45, 7) is 7.41. The summed E-state index contributed by atoms with van der Waals surface area (Å²) in [6, 6.07) is 9.98. The molecule has 27 heavy (non-hydrogen) atoms. The topological polar surface area (TPSA) is 74.5 Å². The van der Waals surface area contributed by atoms with Gasteiger partial charge < -0.3 is 9.84 Å². The van der Waals surface area contributed by atoms with Gasteiger partial charge in [-0.3, -0.25) is 14.6 Å². The second-order valence-corrected chi connectivity index (χ2v) is 7.02. The first-order valence-corrected chi connectivity index (χ1v) is 9.79. The Balaban J connectivity index is 1.34. The quantitative estimate of drug-likeness (QED) is 0.725. The average molecular weight is 371 g/mol. The van der Waals surface area contributed by atoms with E-state index in [1.54, 1.807) is 0 Å². The molecule has 0 saturated carbocycles. The number of hydrogen-bond donors (Lipinski definition) is 1. The van der Waals surface area contributed by atoms with Crippen molar-refractivity contribution < 1.29 is 9.32 Å². The number of aromatic nitrogens is 2. The van der Waals surface area contributed by atoms with E-state index in [0.29, 0.717) is 25.5 Å². The number of piperazine rings is 1. The Hall–Kier alpha value is -2.25. The van der Waals surface area contributed by atoms with Crippen molar-refractivity contribution in [3.8, 4) is 0 Å². The third-order valence-corrected chi connectivity index (χ3v) is 4.79. The molecule has 1 saturated heterocycles. The Labute approximate surface area is 160 Å². The normalized spacial score (nSPS) is 15.7. The van der Waals surface area contributed by atoms with Gasteiger partial charge in [0.1, 0.15) is 0 Å². The minimum atomic E-state index is 0.0739. The van der Waals surface area contributed by atoms with Crippen LogP contribution < -0.4 is 5.32 Å². The number of unbranched alkanes of at least 4 members (excludes halogenated alkanes) is 1. The van der Waals surface area contributed by atoms with Crippen LogP contribution in [0.2, 0.25) is 0 Å². The molecule has 1 aromatic heterocycles. The number of carbonyl (C=O) groups excluding carboxylic acids is 1. The van der Waals surface area contributed by atoms with Gasteiger partial charge in [0.15, 0.2) is 5.82 Å². The molecule has 0 atom stereocenters. The molecule has 2 heterocycles. The van der Waals surface area contributed by atoms with Gasteiger partial charge in [0.2, 0.25) is 11.8 Å². The summed E-state index contributed by atoms with van der Waals surface area (Å²) < 4.78 is 5.35. The van der Waals surface area contributed by atoms with Crippen LogP contribution in [0.4, 0.5) is 0 Å². The standard InChI is InChI=1S/C20H29N5O2/c1-2-3-9-18-22-20(27-23-18)16-25-12-10-24(11-13-25)15-19(26)21-14-17-7-5-4-6-8-17/h4-8H,2-3,9-16H2,1H3,(H,21,26). The van der Waals surface area contributed by atoms with E-state index in [1.807, 2.05) is 30.3 Å². The second-order valence-electron chi connectivity index (χ2n) is 7.02. The molecule has 0 unspecified atom stereocenters. The molecule has 1 aliphatic heterocycles. The molecule has 1 amide bonds. The lowest BCUT2D eigenvalue weighted by atomic mass is 10.2. The molecular formula is C20H29N5O2. The van der Waals surface area contributed by atoms with Crippen molar-refractivity contribution in [2.24, 2.45) is 0 Å². The molecule has 3 rings (SSSR count). The van der Waals surface area contributed by atoms with Crippen LogP contribution in [0.3, 0.4) is 0 Å². The van der Waals surface area contributed by atoms with E-state index in [-0.39, 0.29) is 5.91 Å². The van der Waals surface area contributed by atoms with Crippen LogP contribution in [0.15, 0.2) is 34.9 Å². The molecule has 1 fully saturated rings. The highest BCUT2D eigenvalue weighted by Crippen LogP contribution is 2.08. The third kappa shape index (κ3) is 6.45. The Morgan fingerprint density at radius 3 is 2.63 bits per heavy atom. The number of nitrogens with zero attached hydrogens (tertiary/aromatic N) is 4. The number of nitrogens with one attached hydrogen (secondary N) is 1. The highest BCUT2D eigenvalue weighted by molar-refractivity contribution is 5.78. The summed E-state index contributed by atoms with van der Waals surface area (Å²) in [7, 11) is 0. The molecule has 0 aliphatic carbocycles.